The Hall–Kier alpha value is -2.51. The Morgan fingerprint density at radius 2 is 2.23 bits per heavy atom. The largest absolute Gasteiger partial charge is 0.376 e. The van der Waals surface area contributed by atoms with Gasteiger partial charge >= 0.3 is 0 Å². The molecule has 0 unspecified atom stereocenters. The molecular formula is C19H19N3O3S. The number of rotatable bonds is 5. The number of fused-ring (bicyclic) bond motifs is 1. The molecule has 0 radical (unpaired) electrons. The van der Waals surface area contributed by atoms with Crippen molar-refractivity contribution in [1.82, 2.24) is 14.9 Å². The van der Waals surface area contributed by atoms with E-state index in [1.54, 1.807) is 28.4 Å². The molecule has 1 amide bonds. The minimum absolute atomic E-state index is 0.0112. The number of nitrogens with zero attached hydrogens (tertiary/aromatic N) is 2. The van der Waals surface area contributed by atoms with Crippen LogP contribution in [0.3, 0.4) is 0 Å². The Kier molecular flexibility index (Phi) is 4.81. The third-order valence-electron chi connectivity index (χ3n) is 4.49. The summed E-state index contributed by atoms with van der Waals surface area (Å²) >= 11 is 1.58. The lowest BCUT2D eigenvalue weighted by molar-refractivity contribution is 0.0502. The van der Waals surface area contributed by atoms with Crippen LogP contribution in [0.15, 0.2) is 45.9 Å². The molecule has 7 heteroatoms. The number of benzene rings is 1. The number of thiophene rings is 1. The van der Waals surface area contributed by atoms with E-state index in [0.29, 0.717) is 24.1 Å². The van der Waals surface area contributed by atoms with Crippen LogP contribution in [0.5, 0.6) is 0 Å². The topological polar surface area (TPSA) is 75.3 Å². The Morgan fingerprint density at radius 3 is 3.00 bits per heavy atom. The van der Waals surface area contributed by atoms with Crippen molar-refractivity contribution in [1.29, 1.82) is 0 Å². The standard InChI is InChI=1S/C19H19N3O3S/c23-18-17(20-15-5-1-2-6-16(15)21-18)19(24)22(10-13-7-9-26-12-13)11-14-4-3-8-25-14/h1-2,5-7,9,12,14H,3-4,8,10-11H2,(H,21,23)/t14-/m1/s1. The van der Waals surface area contributed by atoms with E-state index in [9.17, 15) is 9.59 Å². The van der Waals surface area contributed by atoms with Gasteiger partial charge in [-0.15, -0.1) is 0 Å². The second-order valence-corrected chi connectivity index (χ2v) is 7.16. The van der Waals surface area contributed by atoms with Crippen molar-refractivity contribution in [2.45, 2.75) is 25.5 Å². The van der Waals surface area contributed by atoms with E-state index in [2.05, 4.69) is 9.97 Å². The van der Waals surface area contributed by atoms with Gasteiger partial charge in [-0.25, -0.2) is 4.98 Å². The van der Waals surface area contributed by atoms with Crippen LogP contribution in [-0.4, -0.2) is 40.0 Å². The van der Waals surface area contributed by atoms with E-state index in [4.69, 9.17) is 4.74 Å². The lowest BCUT2D eigenvalue weighted by Crippen LogP contribution is -2.39. The number of H-pyrrole nitrogens is 1. The van der Waals surface area contributed by atoms with E-state index in [1.165, 1.54) is 0 Å². The van der Waals surface area contributed by atoms with Gasteiger partial charge in [-0.05, 0) is 47.4 Å². The van der Waals surface area contributed by atoms with Crippen molar-refractivity contribution in [2.24, 2.45) is 0 Å². The molecule has 26 heavy (non-hydrogen) atoms. The van der Waals surface area contributed by atoms with Gasteiger partial charge in [0, 0.05) is 19.7 Å². The first-order valence-corrected chi connectivity index (χ1v) is 9.56. The highest BCUT2D eigenvalue weighted by Gasteiger charge is 2.26. The fraction of sp³-hybridized carbons (Fsp3) is 0.316. The highest BCUT2D eigenvalue weighted by atomic mass is 32.1. The predicted molar refractivity (Wildman–Crippen MR) is 100 cm³/mol. The van der Waals surface area contributed by atoms with Gasteiger partial charge in [0.25, 0.3) is 11.5 Å². The van der Waals surface area contributed by atoms with Gasteiger partial charge < -0.3 is 14.6 Å². The van der Waals surface area contributed by atoms with Crippen molar-refractivity contribution in [3.63, 3.8) is 0 Å². The van der Waals surface area contributed by atoms with E-state index in [1.807, 2.05) is 29.0 Å². The van der Waals surface area contributed by atoms with Crippen molar-refractivity contribution in [3.05, 3.63) is 62.7 Å². The number of hydrogen-bond donors (Lipinski definition) is 1. The van der Waals surface area contributed by atoms with Gasteiger partial charge in [-0.2, -0.15) is 11.3 Å². The zero-order valence-electron chi connectivity index (χ0n) is 14.2. The molecule has 0 aliphatic carbocycles. The van der Waals surface area contributed by atoms with E-state index < -0.39 is 5.56 Å². The molecule has 3 heterocycles. The van der Waals surface area contributed by atoms with Gasteiger partial charge in [0.2, 0.25) is 0 Å². The quantitative estimate of drug-likeness (QED) is 0.750. The first-order chi connectivity index (χ1) is 12.7. The lowest BCUT2D eigenvalue weighted by Gasteiger charge is -2.24. The van der Waals surface area contributed by atoms with Crippen LogP contribution >= 0.6 is 11.3 Å². The van der Waals surface area contributed by atoms with Crippen LogP contribution in [0.1, 0.15) is 28.9 Å². The van der Waals surface area contributed by atoms with Crippen LogP contribution in [0.2, 0.25) is 0 Å². The first-order valence-electron chi connectivity index (χ1n) is 8.62. The SMILES string of the molecule is O=C(c1nc2ccccc2[nH]c1=O)N(Cc1ccsc1)C[C@H]1CCCO1. The smallest absolute Gasteiger partial charge is 0.280 e. The van der Waals surface area contributed by atoms with Crippen LogP contribution in [0, 0.1) is 0 Å². The number of carbonyl (C=O) groups excluding carboxylic acids is 1. The minimum atomic E-state index is -0.462. The maximum absolute atomic E-state index is 13.1. The zero-order valence-corrected chi connectivity index (χ0v) is 15.0. The van der Waals surface area contributed by atoms with Gasteiger partial charge in [0.05, 0.1) is 17.1 Å². The number of ether oxygens (including phenoxy) is 1. The van der Waals surface area contributed by atoms with Crippen LogP contribution < -0.4 is 5.56 Å². The number of nitrogens with one attached hydrogen (secondary N) is 1. The molecule has 1 N–H and O–H groups in total. The molecule has 1 atom stereocenters. The fourth-order valence-corrected chi connectivity index (χ4v) is 3.84. The summed E-state index contributed by atoms with van der Waals surface area (Å²) in [5.41, 5.74) is 1.73. The summed E-state index contributed by atoms with van der Waals surface area (Å²) in [4.78, 5) is 34.3. The Bertz CT molecular complexity index is 962. The molecule has 6 nitrogen and oxygen atoms in total. The van der Waals surface area contributed by atoms with Crippen molar-refractivity contribution in [3.8, 4) is 0 Å². The molecule has 0 saturated carbocycles. The van der Waals surface area contributed by atoms with Gasteiger partial charge in [-0.3, -0.25) is 9.59 Å². The molecule has 3 aromatic rings. The number of aromatic nitrogens is 2. The first kappa shape index (κ1) is 16.9. The summed E-state index contributed by atoms with van der Waals surface area (Å²) in [6, 6.07) is 9.19. The second-order valence-electron chi connectivity index (χ2n) is 6.38. The summed E-state index contributed by atoms with van der Waals surface area (Å²) < 4.78 is 5.69. The molecule has 0 bridgehead atoms. The molecular weight excluding hydrogens is 350 g/mol. The number of amides is 1. The zero-order chi connectivity index (χ0) is 17.9. The monoisotopic (exact) mass is 369 g/mol. The average Bonchev–Trinajstić information content (AvgIpc) is 3.34. The number of aromatic amines is 1. The molecule has 1 aliphatic heterocycles. The summed E-state index contributed by atoms with van der Waals surface area (Å²) in [6.45, 7) is 1.62. The Morgan fingerprint density at radius 1 is 1.35 bits per heavy atom. The maximum atomic E-state index is 13.1. The predicted octanol–water partition coefficient (Wildman–Crippen LogP) is 2.81. The van der Waals surface area contributed by atoms with E-state index in [-0.39, 0.29) is 17.7 Å². The van der Waals surface area contributed by atoms with Crippen LogP contribution in [-0.2, 0) is 11.3 Å². The minimum Gasteiger partial charge on any atom is -0.376 e. The second kappa shape index (κ2) is 7.39. The molecule has 1 saturated heterocycles. The molecule has 1 fully saturated rings. The average molecular weight is 369 g/mol. The third-order valence-corrected chi connectivity index (χ3v) is 5.22. The number of hydrogen-bond acceptors (Lipinski definition) is 5. The van der Waals surface area contributed by atoms with Crippen LogP contribution in [0.25, 0.3) is 11.0 Å². The highest BCUT2D eigenvalue weighted by Crippen LogP contribution is 2.18. The summed E-state index contributed by atoms with van der Waals surface area (Å²) in [5, 5.41) is 3.99. The summed E-state index contributed by atoms with van der Waals surface area (Å²) in [6.07, 6.45) is 1.94. The molecule has 0 spiro atoms. The van der Waals surface area contributed by atoms with E-state index in [0.717, 1.165) is 25.0 Å². The Labute approximate surface area is 154 Å². The number of para-hydroxylation sites is 2. The van der Waals surface area contributed by atoms with Crippen LogP contribution in [0.4, 0.5) is 0 Å². The van der Waals surface area contributed by atoms with Gasteiger partial charge in [-0.1, -0.05) is 12.1 Å². The molecule has 134 valence electrons. The Balaban J connectivity index is 1.66. The van der Waals surface area contributed by atoms with Crippen molar-refractivity contribution < 1.29 is 9.53 Å². The maximum Gasteiger partial charge on any atom is 0.280 e. The van der Waals surface area contributed by atoms with Crippen molar-refractivity contribution in [2.75, 3.05) is 13.2 Å². The molecule has 4 rings (SSSR count). The lowest BCUT2D eigenvalue weighted by atomic mass is 10.2. The molecule has 2 aromatic heterocycles. The summed E-state index contributed by atoms with van der Waals surface area (Å²) in [7, 11) is 0. The summed E-state index contributed by atoms with van der Waals surface area (Å²) in [5.74, 6) is -0.362. The van der Waals surface area contributed by atoms with Gasteiger partial charge in [0.1, 0.15) is 0 Å². The third kappa shape index (κ3) is 3.54. The van der Waals surface area contributed by atoms with Crippen molar-refractivity contribution >= 4 is 28.3 Å². The highest BCUT2D eigenvalue weighted by molar-refractivity contribution is 7.07. The fourth-order valence-electron chi connectivity index (χ4n) is 3.18. The number of carbonyl (C=O) groups is 1. The molecule has 1 aromatic carbocycles. The normalized spacial score (nSPS) is 16.8. The van der Waals surface area contributed by atoms with Gasteiger partial charge in [0.15, 0.2) is 5.69 Å². The molecule has 1 aliphatic rings. The van der Waals surface area contributed by atoms with E-state index >= 15 is 0 Å².